The Hall–Kier alpha value is -1.52. The number of hydrogen-bond donors (Lipinski definition) is 3. The molecule has 5 heteroatoms. The molecule has 0 aliphatic carbocycles. The Morgan fingerprint density at radius 1 is 1.33 bits per heavy atom. The molecule has 0 atom stereocenters. The van der Waals surface area contributed by atoms with E-state index in [2.05, 4.69) is 5.32 Å². The molecule has 9 heavy (non-hydrogen) atoms. The van der Waals surface area contributed by atoms with Crippen LogP contribution in [-0.4, -0.2) is 11.9 Å². The molecular formula is C4H5N3O2. The van der Waals surface area contributed by atoms with E-state index in [4.69, 9.17) is 5.73 Å². The highest BCUT2D eigenvalue weighted by Crippen LogP contribution is 1.92. The van der Waals surface area contributed by atoms with Crippen LogP contribution in [0, 0.1) is 0 Å². The summed E-state index contributed by atoms with van der Waals surface area (Å²) in [6, 6.07) is -0.531. The lowest BCUT2D eigenvalue weighted by Gasteiger charge is -1.85. The van der Waals surface area contributed by atoms with Gasteiger partial charge in [0.05, 0.1) is 0 Å². The molecule has 0 aromatic heterocycles. The summed E-state index contributed by atoms with van der Waals surface area (Å²) < 4.78 is 0. The fourth-order valence-electron chi connectivity index (χ4n) is 0.498. The zero-order valence-corrected chi connectivity index (χ0v) is 4.47. The van der Waals surface area contributed by atoms with Crippen molar-refractivity contribution in [2.75, 3.05) is 0 Å². The van der Waals surface area contributed by atoms with Crippen LogP contribution in [0.3, 0.4) is 0 Å². The van der Waals surface area contributed by atoms with Gasteiger partial charge in [0.1, 0.15) is 5.70 Å². The fraction of sp³-hybridized carbons (Fsp3) is 0. The summed E-state index contributed by atoms with van der Waals surface area (Å²) in [5, 5.41) is 4.17. The van der Waals surface area contributed by atoms with Crippen LogP contribution in [0.15, 0.2) is 11.9 Å². The van der Waals surface area contributed by atoms with Gasteiger partial charge in [-0.15, -0.1) is 0 Å². The monoisotopic (exact) mass is 127 g/mol. The third-order valence-corrected chi connectivity index (χ3v) is 0.887. The van der Waals surface area contributed by atoms with Crippen molar-refractivity contribution >= 4 is 11.9 Å². The van der Waals surface area contributed by atoms with Crippen LogP contribution in [0.25, 0.3) is 0 Å². The van der Waals surface area contributed by atoms with Crippen molar-refractivity contribution in [2.45, 2.75) is 0 Å². The van der Waals surface area contributed by atoms with Gasteiger partial charge in [-0.3, -0.25) is 10.1 Å². The highest BCUT2D eigenvalue weighted by Gasteiger charge is 2.21. The van der Waals surface area contributed by atoms with Gasteiger partial charge in [-0.25, -0.2) is 4.79 Å². The Morgan fingerprint density at radius 2 is 2.00 bits per heavy atom. The van der Waals surface area contributed by atoms with E-state index in [-0.39, 0.29) is 5.70 Å². The molecule has 0 radical (unpaired) electrons. The zero-order valence-electron chi connectivity index (χ0n) is 4.47. The number of hydrogen-bond acceptors (Lipinski definition) is 3. The molecular weight excluding hydrogens is 122 g/mol. The van der Waals surface area contributed by atoms with E-state index in [1.54, 1.807) is 0 Å². The minimum atomic E-state index is -0.531. The normalized spacial score (nSPS) is 22.0. The minimum absolute atomic E-state index is 0.0972. The van der Waals surface area contributed by atoms with E-state index < -0.39 is 11.9 Å². The lowest BCUT2D eigenvalue weighted by atomic mass is 10.5. The van der Waals surface area contributed by atoms with Crippen LogP contribution in [-0.2, 0) is 4.79 Å². The summed E-state index contributed by atoms with van der Waals surface area (Å²) in [5.74, 6) is -0.484. The van der Waals surface area contributed by atoms with Crippen molar-refractivity contribution in [1.82, 2.24) is 10.6 Å². The van der Waals surface area contributed by atoms with Gasteiger partial charge in [0.2, 0.25) is 0 Å². The molecule has 0 unspecified atom stereocenters. The summed E-state index contributed by atoms with van der Waals surface area (Å²) in [7, 11) is 0. The van der Waals surface area contributed by atoms with Gasteiger partial charge in [0.25, 0.3) is 5.91 Å². The summed E-state index contributed by atoms with van der Waals surface area (Å²) >= 11 is 0. The van der Waals surface area contributed by atoms with Crippen molar-refractivity contribution in [3.63, 3.8) is 0 Å². The third-order valence-electron chi connectivity index (χ3n) is 0.887. The highest BCUT2D eigenvalue weighted by molar-refractivity contribution is 6.11. The molecule has 1 rings (SSSR count). The molecule has 1 saturated heterocycles. The molecule has 48 valence electrons. The first-order chi connectivity index (χ1) is 4.24. The average molecular weight is 127 g/mol. The molecule has 4 N–H and O–H groups in total. The van der Waals surface area contributed by atoms with Gasteiger partial charge in [0.15, 0.2) is 0 Å². The first kappa shape index (κ1) is 5.61. The first-order valence-corrected chi connectivity index (χ1v) is 2.28. The second kappa shape index (κ2) is 1.77. The van der Waals surface area contributed by atoms with Crippen molar-refractivity contribution in [1.29, 1.82) is 0 Å². The summed E-state index contributed by atoms with van der Waals surface area (Å²) in [6.45, 7) is 0. The lowest BCUT2D eigenvalue weighted by Crippen LogP contribution is -2.22. The smallest absolute Gasteiger partial charge is 0.326 e. The number of imide groups is 1. The van der Waals surface area contributed by atoms with Crippen LogP contribution in [0.5, 0.6) is 0 Å². The van der Waals surface area contributed by atoms with Gasteiger partial charge >= 0.3 is 6.03 Å². The van der Waals surface area contributed by atoms with Gasteiger partial charge in [0, 0.05) is 6.20 Å². The van der Waals surface area contributed by atoms with Crippen molar-refractivity contribution in [3.8, 4) is 0 Å². The summed E-state index contributed by atoms with van der Waals surface area (Å²) in [4.78, 5) is 20.8. The quantitative estimate of drug-likeness (QED) is 0.277. The van der Waals surface area contributed by atoms with Gasteiger partial charge in [-0.05, 0) is 0 Å². The predicted molar refractivity (Wildman–Crippen MR) is 28.9 cm³/mol. The second-order valence-electron chi connectivity index (χ2n) is 1.49. The van der Waals surface area contributed by atoms with E-state index in [9.17, 15) is 9.59 Å². The third kappa shape index (κ3) is 0.835. The Labute approximate surface area is 50.9 Å². The molecule has 1 aliphatic heterocycles. The molecule has 0 saturated carbocycles. The maximum atomic E-state index is 10.5. The largest absolute Gasteiger partial charge is 0.403 e. The number of carbonyl (C=O) groups excluding carboxylic acids is 2. The molecule has 0 aromatic carbocycles. The lowest BCUT2D eigenvalue weighted by molar-refractivity contribution is -0.115. The second-order valence-corrected chi connectivity index (χ2v) is 1.49. The fourth-order valence-corrected chi connectivity index (χ4v) is 0.498. The first-order valence-electron chi connectivity index (χ1n) is 2.28. The Balaban J connectivity index is 2.81. The molecule has 0 bridgehead atoms. The molecule has 5 nitrogen and oxygen atoms in total. The van der Waals surface area contributed by atoms with Gasteiger partial charge < -0.3 is 11.1 Å². The van der Waals surface area contributed by atoms with Crippen LogP contribution in [0.4, 0.5) is 4.79 Å². The van der Waals surface area contributed by atoms with Crippen molar-refractivity contribution in [2.24, 2.45) is 5.73 Å². The molecule has 1 fully saturated rings. The molecule has 0 aromatic rings. The summed E-state index contributed by atoms with van der Waals surface area (Å²) in [6.07, 6.45) is 1.04. The average Bonchev–Trinajstić information content (AvgIpc) is 2.10. The van der Waals surface area contributed by atoms with Crippen molar-refractivity contribution < 1.29 is 9.59 Å². The number of nitrogens with one attached hydrogen (secondary N) is 2. The number of amides is 3. The van der Waals surface area contributed by atoms with Crippen LogP contribution < -0.4 is 16.4 Å². The molecule has 1 aliphatic rings. The van der Waals surface area contributed by atoms with Crippen molar-refractivity contribution in [3.05, 3.63) is 11.9 Å². The van der Waals surface area contributed by atoms with E-state index in [1.165, 1.54) is 0 Å². The molecule has 0 spiro atoms. The van der Waals surface area contributed by atoms with Gasteiger partial charge in [-0.2, -0.15) is 0 Å². The topological polar surface area (TPSA) is 84.2 Å². The number of nitrogens with two attached hydrogens (primary N) is 1. The maximum Gasteiger partial charge on any atom is 0.326 e. The molecule has 3 amide bonds. The van der Waals surface area contributed by atoms with E-state index in [1.807, 2.05) is 5.32 Å². The Kier molecular flexibility index (Phi) is 1.11. The summed E-state index contributed by atoms with van der Waals surface area (Å²) in [5.41, 5.74) is 5.05. The van der Waals surface area contributed by atoms with E-state index in [0.717, 1.165) is 6.20 Å². The number of carbonyl (C=O) groups is 2. The van der Waals surface area contributed by atoms with Crippen LogP contribution in [0.2, 0.25) is 0 Å². The highest BCUT2D eigenvalue weighted by atomic mass is 16.2. The SMILES string of the molecule is NC=C1NC(=O)NC1=O. The Bertz CT molecular complexity index is 196. The standard InChI is InChI=1S/C4H5N3O2/c5-1-2-3(8)7-4(9)6-2/h1H,5H2,(H2,6,7,8,9). The van der Waals surface area contributed by atoms with Crippen LogP contribution in [0.1, 0.15) is 0 Å². The number of urea groups is 1. The van der Waals surface area contributed by atoms with E-state index in [0.29, 0.717) is 0 Å². The van der Waals surface area contributed by atoms with E-state index >= 15 is 0 Å². The molecule has 1 heterocycles. The maximum absolute atomic E-state index is 10.5. The Morgan fingerprint density at radius 3 is 2.22 bits per heavy atom. The van der Waals surface area contributed by atoms with Crippen LogP contribution >= 0.6 is 0 Å². The predicted octanol–water partition coefficient (Wildman–Crippen LogP) is -1.37. The minimum Gasteiger partial charge on any atom is -0.403 e. The number of rotatable bonds is 0. The zero-order chi connectivity index (χ0) is 6.85. The van der Waals surface area contributed by atoms with Gasteiger partial charge in [-0.1, -0.05) is 0 Å².